The van der Waals surface area contributed by atoms with Crippen molar-refractivity contribution in [2.75, 3.05) is 18.8 Å². The molecule has 4 aromatic rings. The maximum Gasteiger partial charge on any atom is 0.255 e. The summed E-state index contributed by atoms with van der Waals surface area (Å²) in [6.07, 6.45) is 7.97. The van der Waals surface area contributed by atoms with Crippen molar-refractivity contribution in [3.63, 3.8) is 0 Å². The van der Waals surface area contributed by atoms with Gasteiger partial charge in [0.1, 0.15) is 5.82 Å². The summed E-state index contributed by atoms with van der Waals surface area (Å²) in [5.74, 6) is -0.181. The zero-order chi connectivity index (χ0) is 26.6. The highest BCUT2D eigenvalue weighted by molar-refractivity contribution is 6.00. The Labute approximate surface area is 221 Å². The first kappa shape index (κ1) is 25.0. The van der Waals surface area contributed by atoms with E-state index in [1.807, 2.05) is 55.7 Å². The Balaban J connectivity index is 1.21. The van der Waals surface area contributed by atoms with Crippen LogP contribution in [0, 0.1) is 0 Å². The standard InChI is InChI=1S/C30H30N6O2/c1-20(22-6-4-3-5-7-22)14-21-8-10-23(11-9-21)30(38)36-13-12-26(19-36)34-29(37)27-15-24(16-32-28(27)31)25-17-33-35(2)18-25/h3-11,14-18,26H,12-13,19H2,1-2H3,(H2,31,32)(H,34,37)/b20-14+/t26-/m1/s1. The lowest BCUT2D eigenvalue weighted by Crippen LogP contribution is -2.38. The summed E-state index contributed by atoms with van der Waals surface area (Å²) in [5.41, 5.74) is 11.9. The van der Waals surface area contributed by atoms with Gasteiger partial charge in [-0.2, -0.15) is 5.10 Å². The van der Waals surface area contributed by atoms with Crippen LogP contribution < -0.4 is 11.1 Å². The number of anilines is 1. The van der Waals surface area contributed by atoms with Crippen LogP contribution in [0.3, 0.4) is 0 Å². The molecule has 5 rings (SSSR count). The maximum absolute atomic E-state index is 13.1. The second kappa shape index (κ2) is 10.7. The molecular formula is C30H30N6O2. The van der Waals surface area contributed by atoms with Crippen LogP contribution in [0.4, 0.5) is 5.82 Å². The van der Waals surface area contributed by atoms with Gasteiger partial charge in [-0.15, -0.1) is 0 Å². The van der Waals surface area contributed by atoms with Gasteiger partial charge in [-0.05, 0) is 48.2 Å². The van der Waals surface area contributed by atoms with E-state index in [0.29, 0.717) is 30.6 Å². The lowest BCUT2D eigenvalue weighted by atomic mass is 10.0. The highest BCUT2D eigenvalue weighted by atomic mass is 16.2. The second-order valence-electron chi connectivity index (χ2n) is 9.59. The van der Waals surface area contributed by atoms with Crippen molar-refractivity contribution in [1.82, 2.24) is 25.0 Å². The van der Waals surface area contributed by atoms with Gasteiger partial charge in [0.05, 0.1) is 11.8 Å². The minimum absolute atomic E-state index is 0.0446. The summed E-state index contributed by atoms with van der Waals surface area (Å²) >= 11 is 0. The Kier molecular flexibility index (Phi) is 7.04. The number of allylic oxidation sites excluding steroid dienone is 1. The Hall–Kier alpha value is -4.72. The molecule has 1 aliphatic rings. The summed E-state index contributed by atoms with van der Waals surface area (Å²) in [4.78, 5) is 32.1. The Morgan fingerprint density at radius 1 is 1.03 bits per heavy atom. The van der Waals surface area contributed by atoms with Crippen molar-refractivity contribution in [1.29, 1.82) is 0 Å². The van der Waals surface area contributed by atoms with Crippen molar-refractivity contribution >= 4 is 29.3 Å². The number of rotatable bonds is 6. The van der Waals surface area contributed by atoms with Crippen LogP contribution in [0.1, 0.15) is 45.2 Å². The number of nitrogens with zero attached hydrogens (tertiary/aromatic N) is 4. The molecule has 1 atom stereocenters. The smallest absolute Gasteiger partial charge is 0.255 e. The van der Waals surface area contributed by atoms with Crippen LogP contribution >= 0.6 is 0 Å². The summed E-state index contributed by atoms with van der Waals surface area (Å²) in [6.45, 7) is 3.09. The van der Waals surface area contributed by atoms with Crippen LogP contribution in [0.25, 0.3) is 22.8 Å². The molecule has 1 saturated heterocycles. The van der Waals surface area contributed by atoms with Crippen LogP contribution in [0.15, 0.2) is 79.3 Å². The topological polar surface area (TPSA) is 106 Å². The number of benzene rings is 2. The molecule has 0 aliphatic carbocycles. The number of hydrogen-bond acceptors (Lipinski definition) is 5. The fourth-order valence-corrected chi connectivity index (χ4v) is 4.65. The summed E-state index contributed by atoms with van der Waals surface area (Å²) in [6, 6.07) is 19.4. The van der Waals surface area contributed by atoms with E-state index < -0.39 is 0 Å². The van der Waals surface area contributed by atoms with E-state index in [-0.39, 0.29) is 23.7 Å². The molecule has 0 spiro atoms. The molecular weight excluding hydrogens is 476 g/mol. The number of amides is 2. The van der Waals surface area contributed by atoms with Gasteiger partial charge in [0.2, 0.25) is 0 Å². The molecule has 0 unspecified atom stereocenters. The number of aryl methyl sites for hydroxylation is 1. The molecule has 38 heavy (non-hydrogen) atoms. The molecule has 0 radical (unpaired) electrons. The number of pyridine rings is 1. The first-order chi connectivity index (χ1) is 18.4. The Morgan fingerprint density at radius 2 is 1.79 bits per heavy atom. The number of aromatic nitrogens is 3. The van der Waals surface area contributed by atoms with Crippen molar-refractivity contribution < 1.29 is 9.59 Å². The fourth-order valence-electron chi connectivity index (χ4n) is 4.65. The fraction of sp³-hybridized carbons (Fsp3) is 0.200. The van der Waals surface area contributed by atoms with E-state index in [9.17, 15) is 9.59 Å². The molecule has 8 nitrogen and oxygen atoms in total. The van der Waals surface area contributed by atoms with E-state index in [0.717, 1.165) is 22.3 Å². The van der Waals surface area contributed by atoms with Gasteiger partial charge in [0.25, 0.3) is 11.8 Å². The molecule has 3 N–H and O–H groups in total. The van der Waals surface area contributed by atoms with Gasteiger partial charge in [0, 0.05) is 55.3 Å². The third-order valence-corrected chi connectivity index (χ3v) is 6.78. The van der Waals surface area contributed by atoms with Crippen molar-refractivity contribution in [2.24, 2.45) is 7.05 Å². The normalized spacial score (nSPS) is 15.5. The second-order valence-corrected chi connectivity index (χ2v) is 9.59. The van der Waals surface area contributed by atoms with Crippen LogP contribution in [-0.2, 0) is 7.05 Å². The van der Waals surface area contributed by atoms with Crippen LogP contribution in [-0.4, -0.2) is 50.6 Å². The average Bonchev–Trinajstić information content (AvgIpc) is 3.58. The zero-order valence-corrected chi connectivity index (χ0v) is 21.5. The first-order valence-corrected chi connectivity index (χ1v) is 12.6. The predicted octanol–water partition coefficient (Wildman–Crippen LogP) is 4.27. The maximum atomic E-state index is 13.1. The quantitative estimate of drug-likeness (QED) is 0.380. The third-order valence-electron chi connectivity index (χ3n) is 6.78. The van der Waals surface area contributed by atoms with Crippen molar-refractivity contribution in [3.8, 4) is 11.1 Å². The van der Waals surface area contributed by atoms with E-state index in [1.54, 1.807) is 28.0 Å². The summed E-state index contributed by atoms with van der Waals surface area (Å²) < 4.78 is 1.69. The molecule has 2 amide bonds. The lowest BCUT2D eigenvalue weighted by molar-refractivity contribution is 0.0783. The van der Waals surface area contributed by atoms with Gasteiger partial charge >= 0.3 is 0 Å². The molecule has 3 heterocycles. The number of likely N-dealkylation sites (tertiary alicyclic amines) is 1. The van der Waals surface area contributed by atoms with E-state index in [4.69, 9.17) is 5.73 Å². The molecule has 0 saturated carbocycles. The van der Waals surface area contributed by atoms with Crippen molar-refractivity contribution in [2.45, 2.75) is 19.4 Å². The number of carbonyl (C=O) groups is 2. The molecule has 1 aliphatic heterocycles. The zero-order valence-electron chi connectivity index (χ0n) is 21.5. The van der Waals surface area contributed by atoms with E-state index in [1.165, 1.54) is 5.56 Å². The summed E-state index contributed by atoms with van der Waals surface area (Å²) in [5, 5.41) is 7.19. The average molecular weight is 507 g/mol. The van der Waals surface area contributed by atoms with Gasteiger partial charge in [-0.25, -0.2) is 4.98 Å². The van der Waals surface area contributed by atoms with Crippen LogP contribution in [0.5, 0.6) is 0 Å². The minimum Gasteiger partial charge on any atom is -0.383 e. The number of carbonyl (C=O) groups excluding carboxylic acids is 2. The van der Waals surface area contributed by atoms with Crippen LogP contribution in [0.2, 0.25) is 0 Å². The molecule has 1 fully saturated rings. The highest BCUT2D eigenvalue weighted by Gasteiger charge is 2.29. The van der Waals surface area contributed by atoms with E-state index in [2.05, 4.69) is 40.5 Å². The van der Waals surface area contributed by atoms with Gasteiger partial charge in [-0.3, -0.25) is 14.3 Å². The monoisotopic (exact) mass is 506 g/mol. The van der Waals surface area contributed by atoms with Gasteiger partial charge in [-0.1, -0.05) is 48.5 Å². The number of hydrogen-bond donors (Lipinski definition) is 2. The first-order valence-electron chi connectivity index (χ1n) is 12.6. The predicted molar refractivity (Wildman–Crippen MR) is 149 cm³/mol. The van der Waals surface area contributed by atoms with Crippen molar-refractivity contribution in [3.05, 3.63) is 102 Å². The molecule has 2 aromatic heterocycles. The molecule has 2 aromatic carbocycles. The summed E-state index contributed by atoms with van der Waals surface area (Å²) in [7, 11) is 1.83. The number of nitrogen functional groups attached to an aromatic ring is 1. The number of nitrogens with two attached hydrogens (primary N) is 1. The lowest BCUT2D eigenvalue weighted by Gasteiger charge is -2.18. The Morgan fingerprint density at radius 3 is 2.50 bits per heavy atom. The third kappa shape index (κ3) is 5.49. The molecule has 8 heteroatoms. The number of nitrogens with one attached hydrogen (secondary N) is 1. The largest absolute Gasteiger partial charge is 0.383 e. The molecule has 0 bridgehead atoms. The SMILES string of the molecule is C/C(=C\c1ccc(C(=O)N2CC[C@@H](NC(=O)c3cc(-c4cnn(C)c4)cnc3N)C2)cc1)c1ccccc1. The van der Waals surface area contributed by atoms with Gasteiger partial charge < -0.3 is 16.0 Å². The Bertz CT molecular complexity index is 1490. The van der Waals surface area contributed by atoms with Gasteiger partial charge in [0.15, 0.2) is 0 Å². The molecule has 192 valence electrons. The van der Waals surface area contributed by atoms with E-state index >= 15 is 0 Å². The minimum atomic E-state index is -0.301. The highest BCUT2D eigenvalue weighted by Crippen LogP contribution is 2.23.